The van der Waals surface area contributed by atoms with Crippen LogP contribution in [-0.4, -0.2) is 64.1 Å². The lowest BCUT2D eigenvalue weighted by Crippen LogP contribution is -2.41. The molecular weight excluding hydrogens is 598 g/mol. The van der Waals surface area contributed by atoms with Crippen molar-refractivity contribution in [1.82, 2.24) is 14.8 Å². The van der Waals surface area contributed by atoms with Crippen LogP contribution in [-0.2, 0) is 16.6 Å². The molecule has 42 heavy (non-hydrogen) atoms. The summed E-state index contributed by atoms with van der Waals surface area (Å²) in [6.45, 7) is 5.82. The summed E-state index contributed by atoms with van der Waals surface area (Å²) in [5.74, 6) is 3.55. The molecule has 214 valence electrons. The number of aliphatic carboxylic acids is 1. The molecule has 9 nitrogen and oxygen atoms in total. The van der Waals surface area contributed by atoms with E-state index in [-0.39, 0.29) is 17.8 Å². The number of pyridine rings is 1. The molecule has 0 bridgehead atoms. The SMILES string of the molecule is [B]C([B])(O)C#CC(=O)N(c1ccc2c(n1)c(O[C@@H]1CCC(C(=O)O)C(C)(C)C1)nn2C)c1cc(C)c(Br)cc1C1CC1. The summed E-state index contributed by atoms with van der Waals surface area (Å²) in [6.07, 6.45) is 3.36. The largest absolute Gasteiger partial charge is 0.481 e. The molecule has 2 N–H and O–H groups in total. The average Bonchev–Trinajstić information content (AvgIpc) is 3.68. The molecule has 0 spiro atoms. The first kappa shape index (κ1) is 30.2. The van der Waals surface area contributed by atoms with Gasteiger partial charge in [-0.15, -0.1) is 5.10 Å². The van der Waals surface area contributed by atoms with E-state index in [0.717, 1.165) is 28.4 Å². The van der Waals surface area contributed by atoms with E-state index in [1.165, 1.54) is 4.90 Å². The molecule has 0 saturated heterocycles. The maximum atomic E-state index is 13.7. The fourth-order valence-corrected chi connectivity index (χ4v) is 6.10. The Bertz CT molecular complexity index is 1630. The Hall–Kier alpha value is -3.29. The van der Waals surface area contributed by atoms with E-state index in [2.05, 4.69) is 32.9 Å². The third-order valence-corrected chi connectivity index (χ3v) is 8.92. The number of aromatic nitrogens is 3. The molecule has 1 unspecified atom stereocenters. The zero-order valence-electron chi connectivity index (χ0n) is 24.0. The molecule has 2 fully saturated rings. The van der Waals surface area contributed by atoms with Crippen molar-refractivity contribution in [3.05, 3.63) is 39.9 Å². The summed E-state index contributed by atoms with van der Waals surface area (Å²) in [4.78, 5) is 31.7. The standard InChI is InChI=1S/C30H31B2BrN4O5/c1-16-13-23(19(14-21(16)33)17-5-6-17)37(25(38)11-12-30(31,32)41)24-10-9-22-26(34-24)27(35-36(22)4)42-18-7-8-20(28(39)40)29(2,3)15-18/h9-10,13-14,17-18,20,41H,5-8,15H2,1-4H3,(H,39,40)/t18-,20?/m1/s1. The molecule has 0 aliphatic heterocycles. The van der Waals surface area contributed by atoms with Crippen LogP contribution in [0.3, 0.4) is 0 Å². The lowest BCUT2D eigenvalue weighted by molar-refractivity contribution is -0.149. The van der Waals surface area contributed by atoms with Crippen LogP contribution < -0.4 is 9.64 Å². The van der Waals surface area contributed by atoms with Gasteiger partial charge < -0.3 is 14.9 Å². The summed E-state index contributed by atoms with van der Waals surface area (Å²) in [7, 11) is 12.6. The van der Waals surface area contributed by atoms with Crippen molar-refractivity contribution in [2.75, 3.05) is 4.90 Å². The first-order chi connectivity index (χ1) is 19.6. The number of fused-ring (bicyclic) bond motifs is 1. The highest BCUT2D eigenvalue weighted by atomic mass is 79.9. The summed E-state index contributed by atoms with van der Waals surface area (Å²) in [5.41, 5.74) is 3.21. The van der Waals surface area contributed by atoms with Gasteiger partial charge >= 0.3 is 11.9 Å². The van der Waals surface area contributed by atoms with E-state index in [1.807, 2.05) is 32.9 Å². The number of hydrogen-bond donors (Lipinski definition) is 2. The van der Waals surface area contributed by atoms with Gasteiger partial charge in [-0.2, -0.15) is 0 Å². The smallest absolute Gasteiger partial charge is 0.308 e. The number of benzene rings is 1. The van der Waals surface area contributed by atoms with Crippen molar-refractivity contribution in [3.8, 4) is 17.7 Å². The Morgan fingerprint density at radius 1 is 1.21 bits per heavy atom. The van der Waals surface area contributed by atoms with Crippen LogP contribution >= 0.6 is 15.9 Å². The van der Waals surface area contributed by atoms with E-state index >= 15 is 0 Å². The van der Waals surface area contributed by atoms with Crippen LogP contribution in [0, 0.1) is 30.1 Å². The van der Waals surface area contributed by atoms with E-state index < -0.39 is 28.6 Å². The highest BCUT2D eigenvalue weighted by Gasteiger charge is 2.42. The third kappa shape index (κ3) is 6.23. The number of amides is 1. The predicted octanol–water partition coefficient (Wildman–Crippen LogP) is 4.23. The molecule has 2 heterocycles. The predicted molar refractivity (Wildman–Crippen MR) is 164 cm³/mol. The monoisotopic (exact) mass is 628 g/mol. The molecular formula is C30H31B2BrN4O5. The molecule has 1 amide bonds. The van der Waals surface area contributed by atoms with Gasteiger partial charge in [0, 0.05) is 16.9 Å². The molecule has 2 aliphatic rings. The van der Waals surface area contributed by atoms with E-state index in [1.54, 1.807) is 23.9 Å². The minimum atomic E-state index is -2.34. The van der Waals surface area contributed by atoms with Gasteiger partial charge in [-0.3, -0.25) is 19.2 Å². The maximum Gasteiger partial charge on any atom is 0.308 e. The quantitative estimate of drug-likeness (QED) is 0.310. The van der Waals surface area contributed by atoms with Crippen LogP contribution in [0.25, 0.3) is 11.0 Å². The van der Waals surface area contributed by atoms with Gasteiger partial charge in [0.05, 0.1) is 17.1 Å². The van der Waals surface area contributed by atoms with Gasteiger partial charge in [0.25, 0.3) is 5.88 Å². The number of anilines is 2. The van der Waals surface area contributed by atoms with Gasteiger partial charge in [-0.05, 0) is 91.7 Å². The zero-order valence-corrected chi connectivity index (χ0v) is 25.6. The van der Waals surface area contributed by atoms with Gasteiger partial charge in [0.2, 0.25) is 0 Å². The molecule has 2 aliphatic carbocycles. The number of carboxylic acid groups (broad SMARTS) is 1. The summed E-state index contributed by atoms with van der Waals surface area (Å²) in [5, 5.41) is 21.6. The van der Waals surface area contributed by atoms with Crippen molar-refractivity contribution in [2.45, 2.75) is 70.3 Å². The second-order valence-corrected chi connectivity index (χ2v) is 12.9. The van der Waals surface area contributed by atoms with Gasteiger partial charge in [-0.25, -0.2) is 4.98 Å². The first-order valence-electron chi connectivity index (χ1n) is 13.9. The van der Waals surface area contributed by atoms with E-state index in [0.29, 0.717) is 41.9 Å². The molecule has 3 aromatic rings. The van der Waals surface area contributed by atoms with Gasteiger partial charge in [0.15, 0.2) is 5.52 Å². The number of rotatable bonds is 6. The number of ether oxygens (including phenoxy) is 1. The number of carbonyl (C=O) groups is 2. The lowest BCUT2D eigenvalue weighted by atomic mass is 9.66. The molecule has 12 heteroatoms. The topological polar surface area (TPSA) is 118 Å². The Labute approximate surface area is 256 Å². The average molecular weight is 629 g/mol. The number of carboxylic acids is 1. The number of halogens is 1. The Morgan fingerprint density at radius 2 is 1.93 bits per heavy atom. The first-order valence-corrected chi connectivity index (χ1v) is 14.6. The Balaban J connectivity index is 1.58. The second-order valence-electron chi connectivity index (χ2n) is 12.0. The van der Waals surface area contributed by atoms with E-state index in [9.17, 15) is 19.8 Å². The van der Waals surface area contributed by atoms with Crippen LogP contribution in [0.15, 0.2) is 28.7 Å². The molecule has 2 aromatic heterocycles. The number of carbonyl (C=O) groups excluding carboxylic acids is 1. The third-order valence-electron chi connectivity index (χ3n) is 8.07. The lowest BCUT2D eigenvalue weighted by Gasteiger charge is -2.39. The summed E-state index contributed by atoms with van der Waals surface area (Å²) < 4.78 is 8.95. The molecule has 2 atom stereocenters. The highest BCUT2D eigenvalue weighted by Crippen LogP contribution is 2.47. The number of aryl methyl sites for hydroxylation is 2. The van der Waals surface area contributed by atoms with Crippen LogP contribution in [0.2, 0.25) is 0 Å². The summed E-state index contributed by atoms with van der Waals surface area (Å²) >= 11 is 3.61. The van der Waals surface area contributed by atoms with Gasteiger partial charge in [0.1, 0.15) is 27.6 Å². The Morgan fingerprint density at radius 3 is 2.55 bits per heavy atom. The number of hydrogen-bond acceptors (Lipinski definition) is 6. The molecule has 1 aromatic carbocycles. The molecule has 4 radical (unpaired) electrons. The van der Waals surface area contributed by atoms with Crippen LogP contribution in [0.4, 0.5) is 11.5 Å². The van der Waals surface area contributed by atoms with Crippen molar-refractivity contribution < 1.29 is 24.5 Å². The Kier molecular flexibility index (Phi) is 7.96. The maximum absolute atomic E-state index is 13.7. The fourth-order valence-electron chi connectivity index (χ4n) is 5.73. The summed E-state index contributed by atoms with van der Waals surface area (Å²) in [6, 6.07) is 7.44. The second kappa shape index (κ2) is 11.1. The van der Waals surface area contributed by atoms with Crippen LogP contribution in [0.5, 0.6) is 5.88 Å². The number of nitrogens with zero attached hydrogens (tertiary/aromatic N) is 4. The minimum Gasteiger partial charge on any atom is -0.481 e. The normalized spacial score (nSPS) is 20.0. The van der Waals surface area contributed by atoms with Crippen LogP contribution in [0.1, 0.15) is 63.0 Å². The van der Waals surface area contributed by atoms with Crippen molar-refractivity contribution in [1.29, 1.82) is 0 Å². The van der Waals surface area contributed by atoms with Crippen molar-refractivity contribution in [2.24, 2.45) is 18.4 Å². The highest BCUT2D eigenvalue weighted by molar-refractivity contribution is 9.10. The molecule has 2 saturated carbocycles. The van der Waals surface area contributed by atoms with Gasteiger partial charge in [-0.1, -0.05) is 35.7 Å². The van der Waals surface area contributed by atoms with Crippen molar-refractivity contribution >= 4 is 66.0 Å². The molecule has 5 rings (SSSR count). The van der Waals surface area contributed by atoms with Crippen molar-refractivity contribution in [3.63, 3.8) is 0 Å². The minimum absolute atomic E-state index is 0.245. The number of aliphatic hydroxyl groups is 1. The fraction of sp³-hybridized carbons (Fsp3) is 0.467. The van der Waals surface area contributed by atoms with E-state index in [4.69, 9.17) is 25.4 Å². The zero-order chi connectivity index (χ0) is 30.6.